The van der Waals surface area contributed by atoms with Gasteiger partial charge in [-0.15, -0.1) is 0 Å². The summed E-state index contributed by atoms with van der Waals surface area (Å²) in [5, 5.41) is 8.49. The van der Waals surface area contributed by atoms with E-state index in [0.29, 0.717) is 11.1 Å². The largest absolute Gasteiger partial charge is 0.260 e. The summed E-state index contributed by atoms with van der Waals surface area (Å²) in [4.78, 5) is 0.139. The highest BCUT2D eigenvalue weighted by Gasteiger charge is 2.18. The summed E-state index contributed by atoms with van der Waals surface area (Å²) in [7, 11) is -4.72. The van der Waals surface area contributed by atoms with Crippen LogP contribution in [-0.2, 0) is 20.8 Å². The van der Waals surface area contributed by atoms with Crippen LogP contribution in [0, 0.1) is 18.3 Å². The van der Waals surface area contributed by atoms with Gasteiger partial charge in [0.1, 0.15) is 0 Å². The van der Waals surface area contributed by atoms with Crippen LogP contribution >= 0.6 is 0 Å². The SMILES string of the molecule is Cc1cc(C#N)ccc1S(=O)(=O)NCC(C)S(C)=O. The van der Waals surface area contributed by atoms with Crippen molar-refractivity contribution in [3.05, 3.63) is 29.3 Å². The lowest BCUT2D eigenvalue weighted by Crippen LogP contribution is -2.33. The summed E-state index contributed by atoms with van der Waals surface area (Å²) in [6.07, 6.45) is 1.53. The van der Waals surface area contributed by atoms with Crippen molar-refractivity contribution in [3.8, 4) is 6.07 Å². The molecule has 0 aliphatic carbocycles. The minimum Gasteiger partial charge on any atom is -0.260 e. The van der Waals surface area contributed by atoms with Crippen molar-refractivity contribution in [3.63, 3.8) is 0 Å². The van der Waals surface area contributed by atoms with Crippen LogP contribution in [0.3, 0.4) is 0 Å². The number of nitrogens with zero attached hydrogens (tertiary/aromatic N) is 1. The Hall–Kier alpha value is -1.23. The monoisotopic (exact) mass is 300 g/mol. The Morgan fingerprint density at radius 1 is 1.47 bits per heavy atom. The van der Waals surface area contributed by atoms with E-state index in [1.54, 1.807) is 13.8 Å². The Morgan fingerprint density at radius 3 is 2.58 bits per heavy atom. The van der Waals surface area contributed by atoms with Crippen molar-refractivity contribution in [2.24, 2.45) is 0 Å². The molecule has 1 aromatic rings. The molecular formula is C12H16N2O3S2. The van der Waals surface area contributed by atoms with Gasteiger partial charge >= 0.3 is 0 Å². The Balaban J connectivity index is 2.96. The molecule has 0 heterocycles. The highest BCUT2D eigenvalue weighted by atomic mass is 32.2. The molecule has 1 rings (SSSR count). The lowest BCUT2D eigenvalue weighted by Gasteiger charge is -2.12. The van der Waals surface area contributed by atoms with Crippen LogP contribution in [0.5, 0.6) is 0 Å². The molecule has 1 N–H and O–H groups in total. The van der Waals surface area contributed by atoms with Gasteiger partial charge in [0.05, 0.1) is 16.5 Å². The first kappa shape index (κ1) is 15.8. The maximum atomic E-state index is 12.1. The molecule has 0 saturated carbocycles. The van der Waals surface area contributed by atoms with Crippen LogP contribution in [0.15, 0.2) is 23.1 Å². The predicted octanol–water partition coefficient (Wildman–Crippen LogP) is 0.912. The number of benzene rings is 1. The summed E-state index contributed by atoms with van der Waals surface area (Å²) in [6.45, 7) is 3.46. The lowest BCUT2D eigenvalue weighted by molar-refractivity contribution is 0.580. The number of nitrogens with one attached hydrogen (secondary N) is 1. The van der Waals surface area contributed by atoms with Gasteiger partial charge in [-0.25, -0.2) is 13.1 Å². The summed E-state index contributed by atoms with van der Waals surface area (Å²) < 4.78 is 37.8. The van der Waals surface area contributed by atoms with Gasteiger partial charge in [0.15, 0.2) is 0 Å². The molecule has 104 valence electrons. The minimum absolute atomic E-state index is 0.116. The predicted molar refractivity (Wildman–Crippen MR) is 74.6 cm³/mol. The molecule has 0 spiro atoms. The summed E-state index contributed by atoms with van der Waals surface area (Å²) in [5.74, 6) is 0. The molecule has 1 aromatic carbocycles. The number of hydrogen-bond donors (Lipinski definition) is 1. The number of hydrogen-bond acceptors (Lipinski definition) is 4. The van der Waals surface area contributed by atoms with Crippen LogP contribution in [0.25, 0.3) is 0 Å². The van der Waals surface area contributed by atoms with Gasteiger partial charge in [0.2, 0.25) is 10.0 Å². The first-order valence-electron chi connectivity index (χ1n) is 5.60. The molecule has 0 aliphatic rings. The van der Waals surface area contributed by atoms with Crippen LogP contribution < -0.4 is 4.72 Å². The van der Waals surface area contributed by atoms with Crippen LogP contribution in [0.4, 0.5) is 0 Å². The van der Waals surface area contributed by atoms with Gasteiger partial charge in [-0.3, -0.25) is 4.21 Å². The molecule has 0 radical (unpaired) electrons. The first-order chi connectivity index (χ1) is 8.77. The molecule has 0 aliphatic heterocycles. The first-order valence-corrected chi connectivity index (χ1v) is 8.71. The third kappa shape index (κ3) is 4.13. The van der Waals surface area contributed by atoms with E-state index in [1.165, 1.54) is 24.5 Å². The highest BCUT2D eigenvalue weighted by molar-refractivity contribution is 7.89. The van der Waals surface area contributed by atoms with Gasteiger partial charge in [0.25, 0.3) is 0 Å². The maximum Gasteiger partial charge on any atom is 0.240 e. The van der Waals surface area contributed by atoms with Gasteiger partial charge < -0.3 is 0 Å². The third-order valence-corrected chi connectivity index (χ3v) is 5.60. The smallest absolute Gasteiger partial charge is 0.240 e. The van der Waals surface area contributed by atoms with E-state index in [2.05, 4.69) is 4.72 Å². The Bertz CT molecular complexity index is 633. The number of aryl methyl sites for hydroxylation is 1. The van der Waals surface area contributed by atoms with Crippen molar-refractivity contribution >= 4 is 20.8 Å². The molecule has 2 unspecified atom stereocenters. The topological polar surface area (TPSA) is 87.0 Å². The molecule has 0 bridgehead atoms. The number of rotatable bonds is 5. The quantitative estimate of drug-likeness (QED) is 0.875. The van der Waals surface area contributed by atoms with Crippen molar-refractivity contribution < 1.29 is 12.6 Å². The summed E-state index contributed by atoms with van der Waals surface area (Å²) in [5.41, 5.74) is 0.927. The van der Waals surface area contributed by atoms with Gasteiger partial charge in [0, 0.05) is 28.9 Å². The maximum absolute atomic E-state index is 12.1. The minimum atomic E-state index is -3.64. The fourth-order valence-corrected chi connectivity index (χ4v) is 3.22. The van der Waals surface area contributed by atoms with Crippen LogP contribution in [-0.4, -0.2) is 30.7 Å². The molecule has 5 nitrogen and oxygen atoms in total. The molecule has 0 fully saturated rings. The zero-order chi connectivity index (χ0) is 14.6. The molecule has 0 aromatic heterocycles. The average Bonchev–Trinajstić information content (AvgIpc) is 2.35. The average molecular weight is 300 g/mol. The summed E-state index contributed by atoms with van der Waals surface area (Å²) >= 11 is 0. The molecule has 7 heteroatoms. The fraction of sp³-hybridized carbons (Fsp3) is 0.417. The molecule has 19 heavy (non-hydrogen) atoms. The summed E-state index contributed by atoms with van der Waals surface area (Å²) in [6, 6.07) is 6.35. The van der Waals surface area contributed by atoms with E-state index in [-0.39, 0.29) is 16.7 Å². The molecule has 0 amide bonds. The lowest BCUT2D eigenvalue weighted by atomic mass is 10.2. The van der Waals surface area contributed by atoms with Gasteiger partial charge in [-0.2, -0.15) is 5.26 Å². The fourth-order valence-electron chi connectivity index (χ4n) is 1.44. The molecule has 0 saturated heterocycles. The van der Waals surface area contributed by atoms with Gasteiger partial charge in [-0.05, 0) is 37.6 Å². The number of nitriles is 1. The Labute approximate surface area is 116 Å². The van der Waals surface area contributed by atoms with E-state index < -0.39 is 20.8 Å². The van der Waals surface area contributed by atoms with Crippen molar-refractivity contribution in [1.29, 1.82) is 5.26 Å². The third-order valence-electron chi connectivity index (χ3n) is 2.72. The normalized spacial score (nSPS) is 14.6. The molecular weight excluding hydrogens is 284 g/mol. The Kier molecular flexibility index (Phi) is 5.23. The molecule has 2 atom stereocenters. The zero-order valence-electron chi connectivity index (χ0n) is 11.0. The van der Waals surface area contributed by atoms with Gasteiger partial charge in [-0.1, -0.05) is 0 Å². The zero-order valence-corrected chi connectivity index (χ0v) is 12.6. The van der Waals surface area contributed by atoms with Crippen LogP contribution in [0.1, 0.15) is 18.1 Å². The van der Waals surface area contributed by atoms with Crippen molar-refractivity contribution in [2.45, 2.75) is 24.0 Å². The second kappa shape index (κ2) is 6.28. The highest BCUT2D eigenvalue weighted by Crippen LogP contribution is 2.16. The van der Waals surface area contributed by atoms with Crippen LogP contribution in [0.2, 0.25) is 0 Å². The number of sulfonamides is 1. The standard InChI is InChI=1S/C12H16N2O3S2/c1-9-6-11(7-13)4-5-12(9)19(16,17)14-8-10(2)18(3)15/h4-6,10,14H,8H2,1-3H3. The van der Waals surface area contributed by atoms with E-state index in [4.69, 9.17) is 5.26 Å². The van der Waals surface area contributed by atoms with E-state index in [9.17, 15) is 12.6 Å². The van der Waals surface area contributed by atoms with E-state index in [0.717, 1.165) is 0 Å². The van der Waals surface area contributed by atoms with E-state index >= 15 is 0 Å². The second-order valence-electron chi connectivity index (χ2n) is 4.25. The van der Waals surface area contributed by atoms with E-state index in [1.807, 2.05) is 6.07 Å². The van der Waals surface area contributed by atoms with Crippen molar-refractivity contribution in [2.75, 3.05) is 12.8 Å². The van der Waals surface area contributed by atoms with Crippen molar-refractivity contribution in [1.82, 2.24) is 4.72 Å². The Morgan fingerprint density at radius 2 is 2.11 bits per heavy atom. The second-order valence-corrected chi connectivity index (χ2v) is 7.79.